The van der Waals surface area contributed by atoms with Crippen LogP contribution >= 0.6 is 0 Å². The van der Waals surface area contributed by atoms with Gasteiger partial charge in [-0.3, -0.25) is 4.40 Å². The van der Waals surface area contributed by atoms with E-state index in [-0.39, 0.29) is 5.41 Å². The van der Waals surface area contributed by atoms with E-state index in [1.54, 1.807) is 0 Å². The molecule has 0 unspecified atom stereocenters. The highest BCUT2D eigenvalue weighted by Gasteiger charge is 2.38. The standard InChI is InChI=1S/C70H50N4O/c1-70(2,3)46-39-62-56-28-15-12-25-53(56)57-36-34-47(41-63(57)72-43-73(65(40-46)68(62)72)66-49(44-19-6-4-7-20-44)29-16-30-50(66)45-21-8-5-9-22-45)75-48-35-37-58-60-32-17-31-59-54-26-13-10-23-51(54)52-24-11-14-27-55(52)61-33-18-38-71-69(61)74(67(59)60)64(58)42-48/h4-42H,43H2,1-3H3. The van der Waals surface area contributed by atoms with Crippen molar-refractivity contribution in [1.29, 1.82) is 0 Å². The summed E-state index contributed by atoms with van der Waals surface area (Å²) in [5.41, 5.74) is 18.4. The first-order chi connectivity index (χ1) is 36.9. The molecule has 2 aliphatic heterocycles. The molecule has 5 nitrogen and oxygen atoms in total. The molecule has 0 fully saturated rings. The van der Waals surface area contributed by atoms with Crippen LogP contribution in [0.5, 0.6) is 11.5 Å². The van der Waals surface area contributed by atoms with Crippen molar-refractivity contribution in [3.05, 3.63) is 242 Å². The molecule has 0 bridgehead atoms. The summed E-state index contributed by atoms with van der Waals surface area (Å²) in [6.45, 7) is 7.57. The Morgan fingerprint density at radius 2 is 0.907 bits per heavy atom. The van der Waals surface area contributed by atoms with E-state index < -0.39 is 0 Å². The van der Waals surface area contributed by atoms with Crippen LogP contribution in [0, 0.1) is 0 Å². The van der Waals surface area contributed by atoms with Gasteiger partial charge in [0.1, 0.15) is 23.8 Å². The Balaban J connectivity index is 0.945. The first kappa shape index (κ1) is 43.2. The second kappa shape index (κ2) is 16.5. The van der Waals surface area contributed by atoms with Gasteiger partial charge in [-0.25, -0.2) is 4.98 Å². The minimum absolute atomic E-state index is 0.112. The van der Waals surface area contributed by atoms with Gasteiger partial charge >= 0.3 is 0 Å². The zero-order valence-electron chi connectivity index (χ0n) is 41.9. The lowest BCUT2D eigenvalue weighted by molar-refractivity contribution is 0.483. The quantitative estimate of drug-likeness (QED) is 0.172. The molecule has 13 aromatic rings. The molecule has 0 saturated heterocycles. The number of pyridine rings is 1. The second-order valence-corrected chi connectivity index (χ2v) is 21.1. The normalized spacial score (nSPS) is 12.9. The van der Waals surface area contributed by atoms with Gasteiger partial charge < -0.3 is 14.5 Å². The van der Waals surface area contributed by atoms with Crippen molar-refractivity contribution in [2.24, 2.45) is 0 Å². The maximum Gasteiger partial charge on any atom is 0.145 e. The number of benzene rings is 10. The van der Waals surface area contributed by atoms with Crippen LogP contribution in [-0.4, -0.2) is 16.1 Å². The van der Waals surface area contributed by atoms with Crippen LogP contribution in [0.4, 0.5) is 22.7 Å². The number of hydrogen-bond acceptors (Lipinski definition) is 4. The van der Waals surface area contributed by atoms with E-state index in [1.807, 2.05) is 12.3 Å². The lowest BCUT2D eigenvalue weighted by Gasteiger charge is -2.28. The summed E-state index contributed by atoms with van der Waals surface area (Å²) in [5.74, 6) is 1.51. The van der Waals surface area contributed by atoms with Crippen LogP contribution in [0.2, 0.25) is 0 Å². The van der Waals surface area contributed by atoms with Crippen LogP contribution in [-0.2, 0) is 5.41 Å². The second-order valence-electron chi connectivity index (χ2n) is 21.1. The van der Waals surface area contributed by atoms with Gasteiger partial charge in [0, 0.05) is 62.1 Å². The number of anilines is 4. The topological polar surface area (TPSA) is 33.0 Å². The van der Waals surface area contributed by atoms with E-state index in [0.29, 0.717) is 6.67 Å². The Kier molecular flexibility index (Phi) is 9.52. The number of para-hydroxylation sites is 2. The summed E-state index contributed by atoms with van der Waals surface area (Å²) in [7, 11) is 0. The maximum absolute atomic E-state index is 7.16. The largest absolute Gasteiger partial charge is 0.457 e. The molecule has 10 aromatic carbocycles. The number of rotatable bonds is 5. The average molecular weight is 963 g/mol. The van der Waals surface area contributed by atoms with Gasteiger partial charge in [0.15, 0.2) is 0 Å². The highest BCUT2D eigenvalue weighted by Crippen LogP contribution is 2.59. The molecule has 3 aromatic heterocycles. The maximum atomic E-state index is 7.16. The van der Waals surface area contributed by atoms with Crippen LogP contribution < -0.4 is 14.5 Å². The predicted octanol–water partition coefficient (Wildman–Crippen LogP) is 19.0. The van der Waals surface area contributed by atoms with E-state index in [2.05, 4.69) is 259 Å². The summed E-state index contributed by atoms with van der Waals surface area (Å²) >= 11 is 0. The molecule has 0 spiro atoms. The smallest absolute Gasteiger partial charge is 0.145 e. The molecule has 2 aliphatic rings. The van der Waals surface area contributed by atoms with Crippen molar-refractivity contribution in [3.8, 4) is 56.0 Å². The predicted molar refractivity (Wildman–Crippen MR) is 314 cm³/mol. The van der Waals surface area contributed by atoms with Gasteiger partial charge in [0.05, 0.1) is 33.8 Å². The van der Waals surface area contributed by atoms with Crippen molar-refractivity contribution in [3.63, 3.8) is 0 Å². The molecule has 0 saturated carbocycles. The van der Waals surface area contributed by atoms with Crippen LogP contribution in [0.1, 0.15) is 26.3 Å². The molecule has 15 rings (SSSR count). The van der Waals surface area contributed by atoms with Crippen molar-refractivity contribution in [2.45, 2.75) is 26.2 Å². The highest BCUT2D eigenvalue weighted by atomic mass is 16.5. The summed E-state index contributed by atoms with van der Waals surface area (Å²) in [6.07, 6.45) is 1.91. The molecule has 0 amide bonds. The van der Waals surface area contributed by atoms with Crippen LogP contribution in [0.25, 0.3) is 104 Å². The first-order valence-electron chi connectivity index (χ1n) is 26.0. The Morgan fingerprint density at radius 3 is 1.59 bits per heavy atom. The summed E-state index contributed by atoms with van der Waals surface area (Å²) in [4.78, 5) is 10.3. The molecule has 0 aliphatic carbocycles. The minimum atomic E-state index is -0.112. The van der Waals surface area contributed by atoms with Gasteiger partial charge in [-0.1, -0.05) is 191 Å². The van der Waals surface area contributed by atoms with Crippen LogP contribution in [0.3, 0.4) is 0 Å². The molecule has 0 atom stereocenters. The summed E-state index contributed by atoms with van der Waals surface area (Å²) < 4.78 is 9.53. The fourth-order valence-electron chi connectivity index (χ4n) is 12.3. The van der Waals surface area contributed by atoms with Crippen molar-refractivity contribution < 1.29 is 4.74 Å². The monoisotopic (exact) mass is 962 g/mol. The van der Waals surface area contributed by atoms with Gasteiger partial charge in [0.2, 0.25) is 0 Å². The van der Waals surface area contributed by atoms with E-state index in [0.717, 1.165) is 61.0 Å². The number of hydrogen-bond donors (Lipinski definition) is 0. The zero-order valence-corrected chi connectivity index (χ0v) is 41.9. The third kappa shape index (κ3) is 6.67. The Bertz CT molecular complexity index is 4470. The SMILES string of the molecule is CC(C)(C)c1cc2c3c(c1)N(c1c(-c4ccccc4)cccc1-c1ccccc1)CN3c1cc(Oc3ccc4c5cccc6c7ccccc7c7ccccc7c7cccnc7n(c4c3)c65)ccc1-c1ccccc1-2. The highest BCUT2D eigenvalue weighted by molar-refractivity contribution is 6.25. The summed E-state index contributed by atoms with van der Waals surface area (Å²) in [5, 5.41) is 9.27. The molecular formula is C70H50N4O. The zero-order chi connectivity index (χ0) is 49.9. The first-order valence-corrected chi connectivity index (χ1v) is 26.0. The van der Waals surface area contributed by atoms with E-state index in [1.165, 1.54) is 83.1 Å². The third-order valence-electron chi connectivity index (χ3n) is 15.8. The van der Waals surface area contributed by atoms with Gasteiger partial charge in [-0.15, -0.1) is 0 Å². The van der Waals surface area contributed by atoms with E-state index in [9.17, 15) is 0 Å². The number of ether oxygens (including phenoxy) is 1. The fourth-order valence-corrected chi connectivity index (χ4v) is 12.3. The lowest BCUT2D eigenvalue weighted by atomic mass is 9.83. The Hall–Kier alpha value is -9.45. The van der Waals surface area contributed by atoms with E-state index >= 15 is 0 Å². The van der Waals surface area contributed by atoms with Crippen molar-refractivity contribution >= 4 is 82.5 Å². The molecule has 0 N–H and O–H groups in total. The average Bonchev–Trinajstić information content (AvgIpc) is 3.99. The molecule has 5 heteroatoms. The molecule has 75 heavy (non-hydrogen) atoms. The fraction of sp³-hybridized carbons (Fsp3) is 0.0714. The third-order valence-corrected chi connectivity index (χ3v) is 15.8. The molecular weight excluding hydrogens is 913 g/mol. The van der Waals surface area contributed by atoms with Gasteiger partial charge in [-0.2, -0.15) is 0 Å². The van der Waals surface area contributed by atoms with E-state index in [4.69, 9.17) is 9.72 Å². The van der Waals surface area contributed by atoms with Gasteiger partial charge in [-0.05, 0) is 103 Å². The minimum Gasteiger partial charge on any atom is -0.457 e. The Morgan fingerprint density at radius 1 is 0.387 bits per heavy atom. The molecule has 356 valence electrons. The summed E-state index contributed by atoms with van der Waals surface area (Å²) in [6, 6.07) is 84.0. The van der Waals surface area contributed by atoms with Crippen molar-refractivity contribution in [1.82, 2.24) is 9.38 Å². The number of nitrogens with zero attached hydrogens (tertiary/aromatic N) is 4. The van der Waals surface area contributed by atoms with Crippen molar-refractivity contribution in [2.75, 3.05) is 16.5 Å². The number of aromatic nitrogens is 2. The Labute approximate surface area is 435 Å². The number of fused-ring (bicyclic) bond motifs is 15. The lowest BCUT2D eigenvalue weighted by Crippen LogP contribution is -2.25. The molecule has 5 heterocycles. The van der Waals surface area contributed by atoms with Gasteiger partial charge in [0.25, 0.3) is 0 Å². The molecule has 0 radical (unpaired) electrons. The van der Waals surface area contributed by atoms with Crippen LogP contribution in [0.15, 0.2) is 237 Å².